The molecule has 16 heavy (non-hydrogen) atoms. The van der Waals surface area contributed by atoms with Gasteiger partial charge in [-0.3, -0.25) is 4.98 Å². The molecule has 0 radical (unpaired) electrons. The maximum atomic E-state index is 10.8. The van der Waals surface area contributed by atoms with E-state index in [-0.39, 0.29) is 0 Å². The smallest absolute Gasteiger partial charge is 0.0951 e. The van der Waals surface area contributed by atoms with Gasteiger partial charge >= 0.3 is 0 Å². The molecule has 1 aromatic rings. The number of aromatic nitrogens is 1. The van der Waals surface area contributed by atoms with Gasteiger partial charge in [-0.25, -0.2) is 0 Å². The van der Waals surface area contributed by atoms with Crippen LogP contribution in [0.2, 0.25) is 0 Å². The molecule has 0 spiro atoms. The normalized spacial score (nSPS) is 29.9. The molecule has 0 amide bonds. The van der Waals surface area contributed by atoms with E-state index < -0.39 is 5.60 Å². The molecule has 1 aliphatic rings. The van der Waals surface area contributed by atoms with Gasteiger partial charge in [0.05, 0.1) is 5.60 Å². The fourth-order valence-corrected chi connectivity index (χ4v) is 2.74. The van der Waals surface area contributed by atoms with Crippen LogP contribution in [0.1, 0.15) is 24.8 Å². The second-order valence-corrected chi connectivity index (χ2v) is 5.02. The molecule has 1 saturated carbocycles. The average molecular weight is 220 g/mol. The van der Waals surface area contributed by atoms with Gasteiger partial charge in [0.15, 0.2) is 0 Å². The van der Waals surface area contributed by atoms with Gasteiger partial charge < -0.3 is 10.0 Å². The van der Waals surface area contributed by atoms with Gasteiger partial charge in [-0.15, -0.1) is 0 Å². The third-order valence-corrected chi connectivity index (χ3v) is 3.53. The molecule has 3 heteroatoms. The number of rotatable bonds is 3. The first-order chi connectivity index (χ1) is 7.63. The van der Waals surface area contributed by atoms with E-state index in [0.717, 1.165) is 31.4 Å². The highest BCUT2D eigenvalue weighted by Crippen LogP contribution is 2.43. The molecule has 3 nitrogen and oxygen atoms in total. The van der Waals surface area contributed by atoms with E-state index in [2.05, 4.69) is 24.0 Å². The van der Waals surface area contributed by atoms with Crippen molar-refractivity contribution in [2.24, 2.45) is 5.92 Å². The molecule has 0 bridgehead atoms. The zero-order valence-corrected chi connectivity index (χ0v) is 10.1. The van der Waals surface area contributed by atoms with Crippen LogP contribution < -0.4 is 0 Å². The van der Waals surface area contributed by atoms with Gasteiger partial charge in [0.2, 0.25) is 0 Å². The summed E-state index contributed by atoms with van der Waals surface area (Å²) in [5.41, 5.74) is 0.303. The minimum atomic E-state index is -0.668. The van der Waals surface area contributed by atoms with Gasteiger partial charge in [0, 0.05) is 30.4 Å². The fraction of sp³-hybridized carbons (Fsp3) is 0.615. The zero-order valence-electron chi connectivity index (χ0n) is 10.1. The zero-order chi connectivity index (χ0) is 11.6. The second-order valence-electron chi connectivity index (χ2n) is 5.02. The van der Waals surface area contributed by atoms with Crippen molar-refractivity contribution in [1.82, 2.24) is 9.88 Å². The molecular weight excluding hydrogens is 200 g/mol. The summed E-state index contributed by atoms with van der Waals surface area (Å²) in [6.45, 7) is 0.936. The van der Waals surface area contributed by atoms with Crippen molar-refractivity contribution in [3.63, 3.8) is 0 Å². The quantitative estimate of drug-likeness (QED) is 0.841. The number of hydrogen-bond acceptors (Lipinski definition) is 3. The second kappa shape index (κ2) is 4.52. The highest BCUT2D eigenvalue weighted by Gasteiger charge is 2.42. The Labute approximate surface area is 97.1 Å². The van der Waals surface area contributed by atoms with E-state index in [1.807, 2.05) is 12.1 Å². The first-order valence-corrected chi connectivity index (χ1v) is 5.90. The lowest BCUT2D eigenvalue weighted by atomic mass is 9.84. The van der Waals surface area contributed by atoms with Crippen molar-refractivity contribution in [2.45, 2.75) is 24.9 Å². The topological polar surface area (TPSA) is 36.4 Å². The molecule has 0 aliphatic heterocycles. The predicted octanol–water partition coefficient (Wildman–Crippen LogP) is 1.63. The standard InChI is InChI=1S/C13H20N2O/c1-15(2)10-12-5-3-7-13(12,16)11-6-4-8-14-9-11/h4,6,8-9,12,16H,3,5,7,10H2,1-2H3. The molecule has 1 N–H and O–H groups in total. The third kappa shape index (κ3) is 2.11. The van der Waals surface area contributed by atoms with Crippen molar-refractivity contribution in [3.05, 3.63) is 30.1 Å². The Kier molecular flexibility index (Phi) is 3.26. The molecule has 88 valence electrons. The summed E-state index contributed by atoms with van der Waals surface area (Å²) in [4.78, 5) is 6.26. The first-order valence-electron chi connectivity index (χ1n) is 5.90. The molecule has 0 aromatic carbocycles. The average Bonchev–Trinajstić information content (AvgIpc) is 2.62. The summed E-state index contributed by atoms with van der Waals surface area (Å²) in [6, 6.07) is 3.89. The van der Waals surface area contributed by atoms with Crippen molar-refractivity contribution in [1.29, 1.82) is 0 Å². The van der Waals surface area contributed by atoms with Crippen molar-refractivity contribution >= 4 is 0 Å². The molecule has 1 heterocycles. The number of nitrogens with zero attached hydrogens (tertiary/aromatic N) is 2. The van der Waals surface area contributed by atoms with Crippen molar-refractivity contribution < 1.29 is 5.11 Å². The van der Waals surface area contributed by atoms with Crippen LogP contribution in [-0.4, -0.2) is 35.6 Å². The Bertz CT molecular complexity index is 339. The third-order valence-electron chi connectivity index (χ3n) is 3.53. The summed E-state index contributed by atoms with van der Waals surface area (Å²) in [5, 5.41) is 10.8. The van der Waals surface area contributed by atoms with Crippen LogP contribution in [-0.2, 0) is 5.60 Å². The van der Waals surface area contributed by atoms with Crippen molar-refractivity contribution in [2.75, 3.05) is 20.6 Å². The Morgan fingerprint density at radius 1 is 1.56 bits per heavy atom. The van der Waals surface area contributed by atoms with Gasteiger partial charge in [-0.05, 0) is 39.4 Å². The maximum Gasteiger partial charge on any atom is 0.0951 e. The van der Waals surface area contributed by atoms with E-state index in [4.69, 9.17) is 0 Å². The lowest BCUT2D eigenvalue weighted by molar-refractivity contribution is -0.0113. The SMILES string of the molecule is CN(C)CC1CCCC1(O)c1cccnc1. The van der Waals surface area contributed by atoms with Crippen LogP contribution in [0.25, 0.3) is 0 Å². The van der Waals surface area contributed by atoms with E-state index >= 15 is 0 Å². The van der Waals surface area contributed by atoms with Gasteiger partial charge in [0.1, 0.15) is 0 Å². The minimum absolute atomic E-state index is 0.326. The Morgan fingerprint density at radius 2 is 2.38 bits per heavy atom. The van der Waals surface area contributed by atoms with E-state index in [1.54, 1.807) is 12.4 Å². The summed E-state index contributed by atoms with van der Waals surface area (Å²) in [6.07, 6.45) is 6.61. The monoisotopic (exact) mass is 220 g/mol. The summed E-state index contributed by atoms with van der Waals surface area (Å²) in [7, 11) is 4.12. The first kappa shape index (κ1) is 11.6. The summed E-state index contributed by atoms with van der Waals surface area (Å²) in [5.74, 6) is 0.326. The molecule has 0 saturated heterocycles. The van der Waals surface area contributed by atoms with Crippen molar-refractivity contribution in [3.8, 4) is 0 Å². The Hall–Kier alpha value is -0.930. The summed E-state index contributed by atoms with van der Waals surface area (Å²) < 4.78 is 0. The molecule has 2 unspecified atom stereocenters. The Morgan fingerprint density at radius 3 is 3.00 bits per heavy atom. The van der Waals surface area contributed by atoms with Crippen LogP contribution in [0, 0.1) is 5.92 Å². The van der Waals surface area contributed by atoms with E-state index in [1.165, 1.54) is 0 Å². The van der Waals surface area contributed by atoms with Crippen LogP contribution >= 0.6 is 0 Å². The highest BCUT2D eigenvalue weighted by atomic mass is 16.3. The van der Waals surface area contributed by atoms with Crippen LogP contribution in [0.15, 0.2) is 24.5 Å². The van der Waals surface area contributed by atoms with E-state index in [0.29, 0.717) is 5.92 Å². The number of pyridine rings is 1. The highest BCUT2D eigenvalue weighted by molar-refractivity contribution is 5.21. The van der Waals surface area contributed by atoms with Gasteiger partial charge in [0.25, 0.3) is 0 Å². The molecule has 2 atom stereocenters. The fourth-order valence-electron chi connectivity index (χ4n) is 2.74. The molecule has 1 fully saturated rings. The van der Waals surface area contributed by atoms with E-state index in [9.17, 15) is 5.11 Å². The molecular formula is C13H20N2O. The lowest BCUT2D eigenvalue weighted by Gasteiger charge is -2.32. The molecule has 2 rings (SSSR count). The summed E-state index contributed by atoms with van der Waals surface area (Å²) >= 11 is 0. The largest absolute Gasteiger partial charge is 0.385 e. The molecule has 1 aliphatic carbocycles. The lowest BCUT2D eigenvalue weighted by Crippen LogP contribution is -2.36. The van der Waals surface area contributed by atoms with Gasteiger partial charge in [-0.2, -0.15) is 0 Å². The number of hydrogen-bond donors (Lipinski definition) is 1. The van der Waals surface area contributed by atoms with Crippen LogP contribution in [0.4, 0.5) is 0 Å². The van der Waals surface area contributed by atoms with Gasteiger partial charge in [-0.1, -0.05) is 6.07 Å². The maximum absolute atomic E-state index is 10.8. The number of aliphatic hydroxyl groups is 1. The predicted molar refractivity (Wildman–Crippen MR) is 64.0 cm³/mol. The Balaban J connectivity index is 2.23. The van der Waals surface area contributed by atoms with Crippen LogP contribution in [0.3, 0.4) is 0 Å². The minimum Gasteiger partial charge on any atom is -0.385 e. The van der Waals surface area contributed by atoms with Crippen LogP contribution in [0.5, 0.6) is 0 Å². The molecule has 1 aromatic heterocycles.